The summed E-state index contributed by atoms with van der Waals surface area (Å²) in [5.74, 6) is 0. The molecule has 0 saturated carbocycles. The first kappa shape index (κ1) is 13.7. The first-order valence-electron chi connectivity index (χ1n) is 6.65. The normalized spacial score (nSPS) is 13.7. The molecule has 0 atom stereocenters. The second kappa shape index (κ2) is 4.76. The molecular formula is C15H22N2O2. The Hall–Kier alpha value is -1.71. The van der Waals surface area contributed by atoms with Crippen LogP contribution in [0.2, 0.25) is 0 Å². The Bertz CT molecular complexity index is 516. The molecule has 0 fully saturated rings. The molecule has 19 heavy (non-hydrogen) atoms. The largest absolute Gasteiger partial charge is 0.444 e. The highest BCUT2D eigenvalue weighted by molar-refractivity contribution is 5.93. The Labute approximate surface area is 114 Å². The molecule has 1 heterocycles. The van der Waals surface area contributed by atoms with Crippen LogP contribution in [0.3, 0.4) is 0 Å². The summed E-state index contributed by atoms with van der Waals surface area (Å²) in [6.45, 7) is 10.6. The maximum atomic E-state index is 11.9. The van der Waals surface area contributed by atoms with Crippen molar-refractivity contribution in [3.63, 3.8) is 0 Å². The summed E-state index contributed by atoms with van der Waals surface area (Å²) in [5.41, 5.74) is 5.01. The molecule has 1 amide bonds. The molecule has 104 valence electrons. The fourth-order valence-electron chi connectivity index (χ4n) is 2.43. The first-order valence-corrected chi connectivity index (χ1v) is 6.65. The number of benzene rings is 1. The van der Waals surface area contributed by atoms with Crippen LogP contribution in [0.5, 0.6) is 0 Å². The summed E-state index contributed by atoms with van der Waals surface area (Å²) in [7, 11) is 0. The monoisotopic (exact) mass is 262 g/mol. The smallest absolute Gasteiger partial charge is 0.412 e. The highest BCUT2D eigenvalue weighted by Gasteiger charge is 2.22. The fourth-order valence-corrected chi connectivity index (χ4v) is 2.43. The number of aryl methyl sites for hydroxylation is 2. The number of hydrogen-bond donors (Lipinski definition) is 2. The Morgan fingerprint density at radius 2 is 2.00 bits per heavy atom. The third-order valence-electron chi connectivity index (χ3n) is 3.16. The van der Waals surface area contributed by atoms with Crippen LogP contribution in [0.1, 0.15) is 37.5 Å². The molecule has 0 bridgehead atoms. The number of hydrogen-bond acceptors (Lipinski definition) is 3. The molecule has 1 aromatic carbocycles. The number of nitrogens with one attached hydrogen (secondary N) is 2. The minimum atomic E-state index is -0.487. The van der Waals surface area contributed by atoms with Gasteiger partial charge in [0.1, 0.15) is 5.60 Å². The van der Waals surface area contributed by atoms with Gasteiger partial charge in [0, 0.05) is 6.54 Å². The second-order valence-corrected chi connectivity index (χ2v) is 6.04. The molecule has 1 aromatic rings. The summed E-state index contributed by atoms with van der Waals surface area (Å²) in [6.07, 6.45) is 0.597. The Morgan fingerprint density at radius 1 is 1.32 bits per heavy atom. The zero-order valence-corrected chi connectivity index (χ0v) is 12.3. The number of carbonyl (C=O) groups is 1. The van der Waals surface area contributed by atoms with Crippen LogP contribution in [0.4, 0.5) is 16.2 Å². The molecule has 2 rings (SSSR count). The van der Waals surface area contributed by atoms with Crippen LogP contribution in [-0.2, 0) is 11.2 Å². The molecule has 0 saturated heterocycles. The maximum Gasteiger partial charge on any atom is 0.412 e. The minimum Gasteiger partial charge on any atom is -0.444 e. The van der Waals surface area contributed by atoms with Gasteiger partial charge in [-0.2, -0.15) is 0 Å². The first-order chi connectivity index (χ1) is 8.78. The van der Waals surface area contributed by atoms with Gasteiger partial charge in [-0.1, -0.05) is 6.07 Å². The van der Waals surface area contributed by atoms with E-state index in [9.17, 15) is 4.79 Å². The van der Waals surface area contributed by atoms with Crippen molar-refractivity contribution in [2.75, 3.05) is 17.2 Å². The van der Waals surface area contributed by atoms with E-state index in [0.717, 1.165) is 29.9 Å². The topological polar surface area (TPSA) is 50.4 Å². The van der Waals surface area contributed by atoms with Crippen LogP contribution in [0.15, 0.2) is 6.07 Å². The Morgan fingerprint density at radius 3 is 2.63 bits per heavy atom. The predicted octanol–water partition coefficient (Wildman–Crippen LogP) is 3.62. The lowest BCUT2D eigenvalue weighted by molar-refractivity contribution is 0.0636. The van der Waals surface area contributed by atoms with Gasteiger partial charge in [-0.3, -0.25) is 5.32 Å². The van der Waals surface area contributed by atoms with E-state index < -0.39 is 11.7 Å². The lowest BCUT2D eigenvalue weighted by Gasteiger charge is -2.21. The number of amides is 1. The summed E-state index contributed by atoms with van der Waals surface area (Å²) < 4.78 is 5.31. The SMILES string of the molecule is Cc1cc(C)c(NC(=O)OC(C)(C)C)c2c1CCN2. The predicted molar refractivity (Wildman–Crippen MR) is 78.0 cm³/mol. The third-order valence-corrected chi connectivity index (χ3v) is 3.16. The highest BCUT2D eigenvalue weighted by Crippen LogP contribution is 2.36. The zero-order valence-electron chi connectivity index (χ0n) is 12.3. The average Bonchev–Trinajstić information content (AvgIpc) is 2.70. The quantitative estimate of drug-likeness (QED) is 0.812. The van der Waals surface area contributed by atoms with Gasteiger partial charge in [0.15, 0.2) is 0 Å². The van der Waals surface area contributed by atoms with Gasteiger partial charge in [0.05, 0.1) is 11.4 Å². The van der Waals surface area contributed by atoms with E-state index in [0.29, 0.717) is 0 Å². The Kier molecular flexibility index (Phi) is 3.43. The van der Waals surface area contributed by atoms with Crippen LogP contribution in [0.25, 0.3) is 0 Å². The van der Waals surface area contributed by atoms with Crippen molar-refractivity contribution < 1.29 is 9.53 Å². The summed E-state index contributed by atoms with van der Waals surface area (Å²) in [5, 5.41) is 6.22. The molecule has 4 nitrogen and oxygen atoms in total. The van der Waals surface area contributed by atoms with Gasteiger partial charge in [0.2, 0.25) is 0 Å². The number of ether oxygens (including phenoxy) is 1. The molecule has 4 heteroatoms. The van der Waals surface area contributed by atoms with Crippen LogP contribution < -0.4 is 10.6 Å². The van der Waals surface area contributed by atoms with Crippen LogP contribution in [-0.4, -0.2) is 18.2 Å². The molecule has 1 aliphatic rings. The van der Waals surface area contributed by atoms with Crippen LogP contribution in [0, 0.1) is 13.8 Å². The van der Waals surface area contributed by atoms with Crippen molar-refractivity contribution in [1.29, 1.82) is 0 Å². The van der Waals surface area contributed by atoms with Crippen molar-refractivity contribution in [3.8, 4) is 0 Å². The third kappa shape index (κ3) is 3.00. The standard InChI is InChI=1S/C15H22N2O2/c1-9-8-10(2)12(13-11(9)6-7-16-13)17-14(18)19-15(3,4)5/h8,16H,6-7H2,1-5H3,(H,17,18). The number of fused-ring (bicyclic) bond motifs is 1. The maximum absolute atomic E-state index is 11.9. The van der Waals surface area contributed by atoms with E-state index in [1.54, 1.807) is 0 Å². The van der Waals surface area contributed by atoms with Gasteiger partial charge in [-0.25, -0.2) is 4.79 Å². The number of rotatable bonds is 1. The molecule has 0 unspecified atom stereocenters. The van der Waals surface area contributed by atoms with Crippen molar-refractivity contribution in [2.24, 2.45) is 0 Å². The lowest BCUT2D eigenvalue weighted by Crippen LogP contribution is -2.27. The molecular weight excluding hydrogens is 240 g/mol. The van der Waals surface area contributed by atoms with Gasteiger partial charge in [-0.15, -0.1) is 0 Å². The number of anilines is 2. The summed E-state index contributed by atoms with van der Waals surface area (Å²) in [4.78, 5) is 11.9. The minimum absolute atomic E-state index is 0.407. The van der Waals surface area contributed by atoms with Crippen molar-refractivity contribution in [1.82, 2.24) is 0 Å². The van der Waals surface area contributed by atoms with E-state index >= 15 is 0 Å². The van der Waals surface area contributed by atoms with Gasteiger partial charge in [0.25, 0.3) is 0 Å². The van der Waals surface area contributed by atoms with Gasteiger partial charge in [-0.05, 0) is 57.7 Å². The molecule has 0 aromatic heterocycles. The molecule has 0 radical (unpaired) electrons. The summed E-state index contributed by atoms with van der Waals surface area (Å²) >= 11 is 0. The van der Waals surface area contributed by atoms with Crippen molar-refractivity contribution >= 4 is 17.5 Å². The highest BCUT2D eigenvalue weighted by atomic mass is 16.6. The van der Waals surface area contributed by atoms with Gasteiger partial charge >= 0.3 is 6.09 Å². The summed E-state index contributed by atoms with van der Waals surface area (Å²) in [6, 6.07) is 2.11. The van der Waals surface area contributed by atoms with Crippen molar-refractivity contribution in [2.45, 2.75) is 46.6 Å². The van der Waals surface area contributed by atoms with Crippen molar-refractivity contribution in [3.05, 3.63) is 22.8 Å². The number of carbonyl (C=O) groups excluding carboxylic acids is 1. The second-order valence-electron chi connectivity index (χ2n) is 6.04. The molecule has 0 spiro atoms. The zero-order chi connectivity index (χ0) is 14.2. The molecule has 1 aliphatic heterocycles. The average molecular weight is 262 g/mol. The van der Waals surface area contributed by atoms with E-state index in [1.165, 1.54) is 11.1 Å². The fraction of sp³-hybridized carbons (Fsp3) is 0.533. The van der Waals surface area contributed by atoms with E-state index in [1.807, 2.05) is 27.7 Å². The lowest BCUT2D eigenvalue weighted by atomic mass is 10.0. The van der Waals surface area contributed by atoms with E-state index in [-0.39, 0.29) is 0 Å². The Balaban J connectivity index is 2.27. The van der Waals surface area contributed by atoms with Gasteiger partial charge < -0.3 is 10.1 Å². The van der Waals surface area contributed by atoms with E-state index in [4.69, 9.17) is 4.74 Å². The van der Waals surface area contributed by atoms with Crippen LogP contribution >= 0.6 is 0 Å². The molecule has 2 N–H and O–H groups in total. The van der Waals surface area contributed by atoms with E-state index in [2.05, 4.69) is 23.6 Å². The molecule has 0 aliphatic carbocycles.